The summed E-state index contributed by atoms with van der Waals surface area (Å²) in [6.07, 6.45) is 4.64. The zero-order valence-corrected chi connectivity index (χ0v) is 14.2. The number of halogens is 1. The van der Waals surface area contributed by atoms with Crippen molar-refractivity contribution in [3.63, 3.8) is 0 Å². The quantitative estimate of drug-likeness (QED) is 0.808. The second-order valence-corrected chi connectivity index (χ2v) is 7.04. The molecule has 4 rings (SSSR count). The summed E-state index contributed by atoms with van der Waals surface area (Å²) in [6, 6.07) is 10.7. The summed E-state index contributed by atoms with van der Waals surface area (Å²) in [4.78, 5) is 6.38. The van der Waals surface area contributed by atoms with Gasteiger partial charge in [0.15, 0.2) is 0 Å². The molecule has 1 aromatic carbocycles. The van der Waals surface area contributed by atoms with Gasteiger partial charge in [-0.25, -0.2) is 4.39 Å². The number of pyridine rings is 1. The molecule has 2 fully saturated rings. The number of ether oxygens (including phenoxy) is 2. The second kappa shape index (κ2) is 7.20. The first-order valence-electron chi connectivity index (χ1n) is 8.81. The van der Waals surface area contributed by atoms with Gasteiger partial charge >= 0.3 is 0 Å². The van der Waals surface area contributed by atoms with Crippen LogP contribution >= 0.6 is 0 Å². The highest BCUT2D eigenvalue weighted by atomic mass is 19.1. The lowest BCUT2D eigenvalue weighted by molar-refractivity contribution is -0.146. The first-order valence-corrected chi connectivity index (χ1v) is 8.81. The van der Waals surface area contributed by atoms with Gasteiger partial charge in [0.2, 0.25) is 0 Å². The van der Waals surface area contributed by atoms with Crippen molar-refractivity contribution in [2.75, 3.05) is 26.3 Å². The Morgan fingerprint density at radius 1 is 1.12 bits per heavy atom. The van der Waals surface area contributed by atoms with Crippen molar-refractivity contribution in [2.24, 2.45) is 5.92 Å². The molecule has 2 saturated heterocycles. The second-order valence-electron chi connectivity index (χ2n) is 7.04. The van der Waals surface area contributed by atoms with E-state index >= 15 is 0 Å². The lowest BCUT2D eigenvalue weighted by Crippen LogP contribution is -2.64. The van der Waals surface area contributed by atoms with E-state index in [-0.39, 0.29) is 11.4 Å². The molecule has 4 nitrogen and oxygen atoms in total. The van der Waals surface area contributed by atoms with Gasteiger partial charge in [-0.3, -0.25) is 9.88 Å². The molecule has 1 atom stereocenters. The maximum Gasteiger partial charge on any atom is 0.123 e. The minimum Gasteiger partial charge on any atom is -0.376 e. The van der Waals surface area contributed by atoms with E-state index in [2.05, 4.69) is 9.88 Å². The van der Waals surface area contributed by atoms with E-state index in [1.165, 1.54) is 12.1 Å². The minimum atomic E-state index is -0.186. The van der Waals surface area contributed by atoms with Crippen molar-refractivity contribution in [3.05, 3.63) is 65.7 Å². The smallest absolute Gasteiger partial charge is 0.123 e. The highest BCUT2D eigenvalue weighted by Crippen LogP contribution is 2.40. The van der Waals surface area contributed by atoms with E-state index in [9.17, 15) is 4.39 Å². The maximum atomic E-state index is 13.0. The molecule has 1 spiro atoms. The summed E-state index contributed by atoms with van der Waals surface area (Å²) < 4.78 is 25.0. The van der Waals surface area contributed by atoms with Gasteiger partial charge < -0.3 is 9.47 Å². The zero-order valence-electron chi connectivity index (χ0n) is 14.2. The van der Waals surface area contributed by atoms with Gasteiger partial charge in [-0.1, -0.05) is 12.1 Å². The highest BCUT2D eigenvalue weighted by Gasteiger charge is 2.52. The average molecular weight is 342 g/mol. The van der Waals surface area contributed by atoms with Gasteiger partial charge in [0, 0.05) is 44.6 Å². The van der Waals surface area contributed by atoms with Crippen LogP contribution in [-0.2, 0) is 22.6 Å². The van der Waals surface area contributed by atoms with E-state index < -0.39 is 0 Å². The topological polar surface area (TPSA) is 34.6 Å². The van der Waals surface area contributed by atoms with Crippen molar-refractivity contribution in [1.82, 2.24) is 9.88 Å². The first-order chi connectivity index (χ1) is 12.2. The monoisotopic (exact) mass is 342 g/mol. The molecule has 5 heteroatoms. The number of aromatic nitrogens is 1. The summed E-state index contributed by atoms with van der Waals surface area (Å²) in [6.45, 7) is 4.85. The van der Waals surface area contributed by atoms with E-state index in [1.807, 2.05) is 24.3 Å². The lowest BCUT2D eigenvalue weighted by atomic mass is 9.81. The largest absolute Gasteiger partial charge is 0.376 e. The van der Waals surface area contributed by atoms with Crippen LogP contribution in [0.5, 0.6) is 0 Å². The number of hydrogen-bond acceptors (Lipinski definition) is 4. The number of rotatable bonds is 6. The van der Waals surface area contributed by atoms with E-state index in [1.54, 1.807) is 12.4 Å². The third-order valence-electron chi connectivity index (χ3n) is 5.24. The SMILES string of the molecule is Fc1ccc(CN2CC3(C2)OCC[C@H]3COCc2ccncc2)cc1. The fraction of sp³-hybridized carbons (Fsp3) is 0.450. The van der Waals surface area contributed by atoms with Crippen molar-refractivity contribution < 1.29 is 13.9 Å². The third-order valence-corrected chi connectivity index (χ3v) is 5.24. The predicted octanol–water partition coefficient (Wildman–Crippen LogP) is 3.03. The molecular weight excluding hydrogens is 319 g/mol. The van der Waals surface area contributed by atoms with Crippen LogP contribution in [0.15, 0.2) is 48.8 Å². The Labute approximate surface area is 147 Å². The standard InChI is InChI=1S/C20H23FN2O2/c21-19-3-1-16(2-4-19)11-23-14-20(15-23)18(7-10-25-20)13-24-12-17-5-8-22-9-6-17/h1-6,8-9,18H,7,10-15H2/t18-/m0/s1. The number of likely N-dealkylation sites (tertiary alicyclic amines) is 1. The molecule has 2 aromatic rings. The Bertz CT molecular complexity index is 687. The molecule has 0 saturated carbocycles. The number of benzene rings is 1. The summed E-state index contributed by atoms with van der Waals surface area (Å²) in [5.41, 5.74) is 2.23. The number of hydrogen-bond donors (Lipinski definition) is 0. The maximum absolute atomic E-state index is 13.0. The molecule has 2 aliphatic rings. The zero-order chi connectivity index (χ0) is 17.1. The van der Waals surface area contributed by atoms with Gasteiger partial charge in [0.1, 0.15) is 5.82 Å². The van der Waals surface area contributed by atoms with Crippen LogP contribution in [0.4, 0.5) is 4.39 Å². The molecule has 0 bridgehead atoms. The summed E-state index contributed by atoms with van der Waals surface area (Å²) in [7, 11) is 0. The van der Waals surface area contributed by atoms with Crippen molar-refractivity contribution >= 4 is 0 Å². The van der Waals surface area contributed by atoms with E-state index in [0.717, 1.165) is 50.4 Å². The Morgan fingerprint density at radius 2 is 1.88 bits per heavy atom. The molecular formula is C20H23FN2O2. The van der Waals surface area contributed by atoms with Crippen LogP contribution in [0.2, 0.25) is 0 Å². The number of nitrogens with zero attached hydrogens (tertiary/aromatic N) is 2. The van der Waals surface area contributed by atoms with Crippen LogP contribution in [0.3, 0.4) is 0 Å². The van der Waals surface area contributed by atoms with Crippen molar-refractivity contribution in [1.29, 1.82) is 0 Å². The average Bonchev–Trinajstić information content (AvgIpc) is 3.01. The first kappa shape index (κ1) is 16.6. The predicted molar refractivity (Wildman–Crippen MR) is 92.4 cm³/mol. The lowest BCUT2D eigenvalue weighted by Gasteiger charge is -2.50. The molecule has 25 heavy (non-hydrogen) atoms. The molecule has 0 radical (unpaired) electrons. The van der Waals surface area contributed by atoms with Gasteiger partial charge in [0.25, 0.3) is 0 Å². The Hall–Kier alpha value is -1.82. The molecule has 0 amide bonds. The Morgan fingerprint density at radius 3 is 2.64 bits per heavy atom. The van der Waals surface area contributed by atoms with E-state index in [4.69, 9.17) is 9.47 Å². The minimum absolute atomic E-state index is 0.0573. The van der Waals surface area contributed by atoms with Crippen LogP contribution in [0.1, 0.15) is 17.5 Å². The van der Waals surface area contributed by atoms with E-state index in [0.29, 0.717) is 12.5 Å². The molecule has 1 aromatic heterocycles. The normalized spacial score (nSPS) is 22.2. The Kier molecular flexibility index (Phi) is 4.79. The fourth-order valence-corrected chi connectivity index (χ4v) is 3.84. The van der Waals surface area contributed by atoms with Crippen LogP contribution in [0, 0.1) is 11.7 Å². The van der Waals surface area contributed by atoms with Gasteiger partial charge in [-0.05, 0) is 41.8 Å². The fourth-order valence-electron chi connectivity index (χ4n) is 3.84. The van der Waals surface area contributed by atoms with Gasteiger partial charge in [0.05, 0.1) is 18.8 Å². The van der Waals surface area contributed by atoms with Crippen molar-refractivity contribution in [3.8, 4) is 0 Å². The molecule has 2 aliphatic heterocycles. The Balaban J connectivity index is 1.26. The highest BCUT2D eigenvalue weighted by molar-refractivity contribution is 5.17. The summed E-state index contributed by atoms with van der Waals surface area (Å²) in [5, 5.41) is 0. The van der Waals surface area contributed by atoms with Gasteiger partial charge in [-0.15, -0.1) is 0 Å². The molecule has 132 valence electrons. The van der Waals surface area contributed by atoms with Crippen LogP contribution in [0.25, 0.3) is 0 Å². The van der Waals surface area contributed by atoms with Crippen molar-refractivity contribution in [2.45, 2.75) is 25.2 Å². The van der Waals surface area contributed by atoms with Crippen LogP contribution in [-0.4, -0.2) is 41.8 Å². The molecule has 0 aliphatic carbocycles. The molecule has 3 heterocycles. The van der Waals surface area contributed by atoms with Gasteiger partial charge in [-0.2, -0.15) is 0 Å². The summed E-state index contributed by atoms with van der Waals surface area (Å²) in [5.74, 6) is 0.258. The molecule has 0 N–H and O–H groups in total. The van der Waals surface area contributed by atoms with Crippen LogP contribution < -0.4 is 0 Å². The summed E-state index contributed by atoms with van der Waals surface area (Å²) >= 11 is 0. The molecule has 0 unspecified atom stereocenters. The third kappa shape index (κ3) is 3.73.